The van der Waals surface area contributed by atoms with E-state index in [9.17, 15) is 8.78 Å². The molecule has 0 aliphatic carbocycles. The standard InChI is InChI=1S/C11H13F2NO2/c1-15-7-4-8(12)11(9(13)5-7)10-6-14-2-3-16-10/h4-5,10,14H,2-3,6H2,1H3. The highest BCUT2D eigenvalue weighted by Gasteiger charge is 2.23. The zero-order valence-corrected chi connectivity index (χ0v) is 8.93. The van der Waals surface area contributed by atoms with E-state index in [0.717, 1.165) is 12.1 Å². The van der Waals surface area contributed by atoms with Crippen LogP contribution in [-0.4, -0.2) is 26.8 Å². The monoisotopic (exact) mass is 229 g/mol. The van der Waals surface area contributed by atoms with Crippen LogP contribution < -0.4 is 10.1 Å². The molecule has 1 aromatic carbocycles. The third-order valence-electron chi connectivity index (χ3n) is 2.54. The van der Waals surface area contributed by atoms with Gasteiger partial charge in [0, 0.05) is 25.2 Å². The average Bonchev–Trinajstić information content (AvgIpc) is 2.29. The van der Waals surface area contributed by atoms with Crippen molar-refractivity contribution in [1.29, 1.82) is 0 Å². The van der Waals surface area contributed by atoms with Crippen LogP contribution in [0.3, 0.4) is 0 Å². The number of benzene rings is 1. The lowest BCUT2D eigenvalue weighted by atomic mass is 10.1. The van der Waals surface area contributed by atoms with E-state index >= 15 is 0 Å². The van der Waals surface area contributed by atoms with Crippen LogP contribution in [0.15, 0.2) is 12.1 Å². The highest BCUT2D eigenvalue weighted by atomic mass is 19.1. The zero-order valence-electron chi connectivity index (χ0n) is 8.93. The second kappa shape index (κ2) is 4.76. The minimum atomic E-state index is -0.634. The fraction of sp³-hybridized carbons (Fsp3) is 0.455. The van der Waals surface area contributed by atoms with Crippen LogP contribution in [0.25, 0.3) is 0 Å². The molecule has 0 bridgehead atoms. The van der Waals surface area contributed by atoms with Gasteiger partial charge in [-0.2, -0.15) is 0 Å². The average molecular weight is 229 g/mol. The Labute approximate surface area is 92.4 Å². The Bertz CT molecular complexity index is 355. The molecule has 1 aromatic rings. The number of hydrogen-bond acceptors (Lipinski definition) is 3. The second-order valence-electron chi connectivity index (χ2n) is 3.57. The molecule has 1 aliphatic heterocycles. The SMILES string of the molecule is COc1cc(F)c(C2CNCCO2)c(F)c1. The Morgan fingerprint density at radius 3 is 2.56 bits per heavy atom. The normalized spacial score (nSPS) is 20.8. The summed E-state index contributed by atoms with van der Waals surface area (Å²) in [5.74, 6) is -1.10. The maximum absolute atomic E-state index is 13.7. The summed E-state index contributed by atoms with van der Waals surface area (Å²) in [7, 11) is 1.37. The van der Waals surface area contributed by atoms with Crippen molar-refractivity contribution in [2.45, 2.75) is 6.10 Å². The summed E-state index contributed by atoms with van der Waals surface area (Å²) in [5.41, 5.74) is -0.0343. The Morgan fingerprint density at radius 1 is 1.38 bits per heavy atom. The number of ether oxygens (including phenoxy) is 2. The highest BCUT2D eigenvalue weighted by molar-refractivity contribution is 5.32. The summed E-state index contributed by atoms with van der Waals surface area (Å²) in [4.78, 5) is 0. The van der Waals surface area contributed by atoms with Gasteiger partial charge in [-0.25, -0.2) is 8.78 Å². The molecule has 16 heavy (non-hydrogen) atoms. The molecule has 1 unspecified atom stereocenters. The van der Waals surface area contributed by atoms with E-state index in [1.807, 2.05) is 0 Å². The zero-order chi connectivity index (χ0) is 11.5. The molecule has 5 heteroatoms. The molecule has 0 saturated carbocycles. The van der Waals surface area contributed by atoms with E-state index in [2.05, 4.69) is 5.32 Å². The van der Waals surface area contributed by atoms with Gasteiger partial charge >= 0.3 is 0 Å². The van der Waals surface area contributed by atoms with Crippen molar-refractivity contribution in [1.82, 2.24) is 5.32 Å². The summed E-state index contributed by atoms with van der Waals surface area (Å²) in [5, 5.41) is 3.03. The molecule has 0 aromatic heterocycles. The number of rotatable bonds is 2. The lowest BCUT2D eigenvalue weighted by molar-refractivity contribution is 0.0231. The first-order valence-corrected chi connectivity index (χ1v) is 5.07. The van der Waals surface area contributed by atoms with Crippen molar-refractivity contribution >= 4 is 0 Å². The summed E-state index contributed by atoms with van der Waals surface area (Å²) < 4.78 is 37.4. The Morgan fingerprint density at radius 2 is 2.06 bits per heavy atom. The van der Waals surface area contributed by atoms with Crippen molar-refractivity contribution < 1.29 is 18.3 Å². The molecular formula is C11H13F2NO2. The second-order valence-corrected chi connectivity index (χ2v) is 3.57. The van der Waals surface area contributed by atoms with Crippen LogP contribution in [0.5, 0.6) is 5.75 Å². The first-order chi connectivity index (χ1) is 7.72. The molecular weight excluding hydrogens is 216 g/mol. The molecule has 1 atom stereocenters. The quantitative estimate of drug-likeness (QED) is 0.836. The maximum atomic E-state index is 13.7. The van der Waals surface area contributed by atoms with Gasteiger partial charge in [0.15, 0.2) is 0 Å². The van der Waals surface area contributed by atoms with E-state index in [1.54, 1.807) is 0 Å². The topological polar surface area (TPSA) is 30.5 Å². The van der Waals surface area contributed by atoms with Gasteiger partial charge in [0.1, 0.15) is 23.5 Å². The van der Waals surface area contributed by atoms with Crippen LogP contribution in [0.2, 0.25) is 0 Å². The summed E-state index contributed by atoms with van der Waals surface area (Å²) in [6, 6.07) is 2.33. The fourth-order valence-corrected chi connectivity index (χ4v) is 1.74. The first-order valence-electron chi connectivity index (χ1n) is 5.07. The van der Waals surface area contributed by atoms with Crippen LogP contribution in [0.1, 0.15) is 11.7 Å². The van der Waals surface area contributed by atoms with Crippen LogP contribution >= 0.6 is 0 Å². The summed E-state index contributed by atoms with van der Waals surface area (Å²) in [6.45, 7) is 1.58. The third kappa shape index (κ3) is 2.15. The van der Waals surface area contributed by atoms with Gasteiger partial charge in [-0.15, -0.1) is 0 Å². The van der Waals surface area contributed by atoms with E-state index in [-0.39, 0.29) is 11.3 Å². The number of hydrogen-bond donors (Lipinski definition) is 1. The molecule has 3 nitrogen and oxygen atoms in total. The van der Waals surface area contributed by atoms with E-state index in [4.69, 9.17) is 9.47 Å². The van der Waals surface area contributed by atoms with Gasteiger partial charge in [-0.3, -0.25) is 0 Å². The minimum Gasteiger partial charge on any atom is -0.497 e. The lowest BCUT2D eigenvalue weighted by Crippen LogP contribution is -2.34. The smallest absolute Gasteiger partial charge is 0.135 e. The number of methoxy groups -OCH3 is 1. The van der Waals surface area contributed by atoms with Gasteiger partial charge < -0.3 is 14.8 Å². The van der Waals surface area contributed by atoms with Crippen LogP contribution in [-0.2, 0) is 4.74 Å². The maximum Gasteiger partial charge on any atom is 0.135 e. The van der Waals surface area contributed by atoms with Gasteiger partial charge in [-0.1, -0.05) is 0 Å². The van der Waals surface area contributed by atoms with E-state index in [0.29, 0.717) is 19.7 Å². The van der Waals surface area contributed by atoms with Crippen LogP contribution in [0, 0.1) is 11.6 Å². The van der Waals surface area contributed by atoms with Gasteiger partial charge in [0.05, 0.1) is 19.3 Å². The van der Waals surface area contributed by atoms with Crippen LogP contribution in [0.4, 0.5) is 8.78 Å². The molecule has 1 fully saturated rings. The molecule has 0 radical (unpaired) electrons. The third-order valence-corrected chi connectivity index (χ3v) is 2.54. The van der Waals surface area contributed by atoms with Crippen molar-refractivity contribution in [3.8, 4) is 5.75 Å². The molecule has 2 rings (SSSR count). The summed E-state index contributed by atoms with van der Waals surface area (Å²) in [6.07, 6.45) is -0.570. The molecule has 1 N–H and O–H groups in total. The number of morpholine rings is 1. The van der Waals surface area contributed by atoms with Gasteiger partial charge in [0.25, 0.3) is 0 Å². The first kappa shape index (κ1) is 11.3. The van der Waals surface area contributed by atoms with E-state index in [1.165, 1.54) is 7.11 Å². The molecule has 1 aliphatic rings. The Balaban J connectivity index is 2.32. The Hall–Kier alpha value is -1.20. The molecule has 0 amide bonds. The predicted octanol–water partition coefficient (Wildman–Crippen LogP) is 1.63. The largest absolute Gasteiger partial charge is 0.497 e. The summed E-state index contributed by atoms with van der Waals surface area (Å²) >= 11 is 0. The number of nitrogens with one attached hydrogen (secondary N) is 1. The predicted molar refractivity (Wildman–Crippen MR) is 54.5 cm³/mol. The Kier molecular flexibility index (Phi) is 3.36. The van der Waals surface area contributed by atoms with Crippen molar-refractivity contribution in [2.24, 2.45) is 0 Å². The molecule has 1 heterocycles. The van der Waals surface area contributed by atoms with Gasteiger partial charge in [0.2, 0.25) is 0 Å². The van der Waals surface area contributed by atoms with Gasteiger partial charge in [-0.05, 0) is 0 Å². The molecule has 0 spiro atoms. The van der Waals surface area contributed by atoms with Crippen molar-refractivity contribution in [3.63, 3.8) is 0 Å². The highest BCUT2D eigenvalue weighted by Crippen LogP contribution is 2.28. The van der Waals surface area contributed by atoms with Crippen molar-refractivity contribution in [3.05, 3.63) is 29.3 Å². The molecule has 1 saturated heterocycles. The number of halogens is 2. The fourth-order valence-electron chi connectivity index (χ4n) is 1.74. The minimum absolute atomic E-state index is 0.0343. The molecule has 88 valence electrons. The lowest BCUT2D eigenvalue weighted by Gasteiger charge is -2.24. The van der Waals surface area contributed by atoms with Crippen molar-refractivity contribution in [2.75, 3.05) is 26.8 Å². The van der Waals surface area contributed by atoms with E-state index < -0.39 is 17.7 Å².